The molecule has 0 spiro atoms. The number of nitrogens with zero attached hydrogens (tertiary/aromatic N) is 1. The van der Waals surface area contributed by atoms with Crippen LogP contribution in [0.15, 0.2) is 24.3 Å². The molecule has 7 heteroatoms. The van der Waals surface area contributed by atoms with Crippen molar-refractivity contribution < 1.29 is 14.3 Å². The summed E-state index contributed by atoms with van der Waals surface area (Å²) in [6.07, 6.45) is 1.02. The van der Waals surface area contributed by atoms with E-state index in [0.29, 0.717) is 25.3 Å². The summed E-state index contributed by atoms with van der Waals surface area (Å²) in [6.45, 7) is 2.58. The average Bonchev–Trinajstić information content (AvgIpc) is 2.94. The minimum atomic E-state index is -0.462. The van der Waals surface area contributed by atoms with E-state index in [1.165, 1.54) is 0 Å². The first kappa shape index (κ1) is 16.7. The summed E-state index contributed by atoms with van der Waals surface area (Å²) in [6, 6.07) is 7.38. The molecular formula is C15H20ClN3O3. The van der Waals surface area contributed by atoms with Crippen molar-refractivity contribution in [3.05, 3.63) is 24.3 Å². The number of nitrogens with one attached hydrogen (secondary N) is 2. The zero-order valence-corrected chi connectivity index (χ0v) is 13.0. The smallest absolute Gasteiger partial charge is 0.254 e. The van der Waals surface area contributed by atoms with Crippen LogP contribution in [0.1, 0.15) is 12.8 Å². The van der Waals surface area contributed by atoms with Crippen LogP contribution < -0.4 is 15.5 Å². The van der Waals surface area contributed by atoms with Gasteiger partial charge in [-0.25, -0.2) is 0 Å². The minimum Gasteiger partial charge on any atom is -0.366 e. The lowest BCUT2D eigenvalue weighted by atomic mass is 10.2. The third-order valence-electron chi connectivity index (χ3n) is 3.72. The topological polar surface area (TPSA) is 70.7 Å². The highest BCUT2D eigenvalue weighted by molar-refractivity contribution is 5.98. The van der Waals surface area contributed by atoms with Crippen LogP contribution in [0.25, 0.3) is 0 Å². The molecule has 120 valence electrons. The van der Waals surface area contributed by atoms with Crippen molar-refractivity contribution in [1.82, 2.24) is 5.32 Å². The average molecular weight is 326 g/mol. The van der Waals surface area contributed by atoms with Crippen molar-refractivity contribution in [2.24, 2.45) is 0 Å². The second-order valence-corrected chi connectivity index (χ2v) is 5.25. The van der Waals surface area contributed by atoms with Crippen LogP contribution in [0.3, 0.4) is 0 Å². The van der Waals surface area contributed by atoms with Crippen molar-refractivity contribution in [3.63, 3.8) is 0 Å². The van der Waals surface area contributed by atoms with Gasteiger partial charge in [-0.2, -0.15) is 0 Å². The lowest BCUT2D eigenvalue weighted by Crippen LogP contribution is -2.45. The van der Waals surface area contributed by atoms with Gasteiger partial charge in [-0.15, -0.1) is 12.4 Å². The van der Waals surface area contributed by atoms with Gasteiger partial charge < -0.3 is 20.3 Å². The van der Waals surface area contributed by atoms with Crippen LogP contribution in [-0.4, -0.2) is 44.2 Å². The highest BCUT2D eigenvalue weighted by Gasteiger charge is 2.23. The Labute approximate surface area is 135 Å². The molecule has 1 aromatic rings. The highest BCUT2D eigenvalue weighted by atomic mass is 35.5. The maximum atomic E-state index is 12.1. The Hall–Kier alpha value is -1.63. The van der Waals surface area contributed by atoms with Gasteiger partial charge in [0.15, 0.2) is 0 Å². The van der Waals surface area contributed by atoms with Crippen LogP contribution in [0.2, 0.25) is 0 Å². The van der Waals surface area contributed by atoms with E-state index in [2.05, 4.69) is 10.6 Å². The molecule has 0 aromatic heterocycles. The number of rotatable bonds is 3. The number of halogens is 1. The Morgan fingerprint density at radius 1 is 1.41 bits per heavy atom. The van der Waals surface area contributed by atoms with Gasteiger partial charge in [0.25, 0.3) is 5.91 Å². The van der Waals surface area contributed by atoms with Gasteiger partial charge in [-0.1, -0.05) is 6.07 Å². The molecule has 2 heterocycles. The first-order valence-corrected chi connectivity index (χ1v) is 7.28. The van der Waals surface area contributed by atoms with E-state index in [0.717, 1.165) is 25.2 Å². The summed E-state index contributed by atoms with van der Waals surface area (Å²) >= 11 is 0. The quantitative estimate of drug-likeness (QED) is 0.875. The Kier molecular flexibility index (Phi) is 5.76. The third kappa shape index (κ3) is 3.76. The fourth-order valence-corrected chi connectivity index (χ4v) is 2.63. The van der Waals surface area contributed by atoms with Gasteiger partial charge in [0.1, 0.15) is 6.10 Å². The molecule has 3 rings (SSSR count). The minimum absolute atomic E-state index is 0. The molecule has 1 atom stereocenters. The van der Waals surface area contributed by atoms with E-state index in [1.807, 2.05) is 24.3 Å². The maximum Gasteiger partial charge on any atom is 0.254 e. The molecule has 2 N–H and O–H groups in total. The number of anilines is 2. The van der Waals surface area contributed by atoms with Crippen molar-refractivity contribution in [3.8, 4) is 0 Å². The number of ether oxygens (including phenoxy) is 1. The SMILES string of the molecule is Cl.O=C(Nc1cccc(N2CCCC2=O)c1)C1CNCCO1. The second-order valence-electron chi connectivity index (χ2n) is 5.25. The monoisotopic (exact) mass is 325 g/mol. The maximum absolute atomic E-state index is 12.1. The van der Waals surface area contributed by atoms with Crippen LogP contribution in [0.4, 0.5) is 11.4 Å². The van der Waals surface area contributed by atoms with Crippen molar-refractivity contribution in [2.75, 3.05) is 36.5 Å². The normalized spacial score (nSPS) is 21.4. The first-order valence-electron chi connectivity index (χ1n) is 7.28. The highest BCUT2D eigenvalue weighted by Crippen LogP contribution is 2.24. The van der Waals surface area contributed by atoms with E-state index < -0.39 is 6.10 Å². The second kappa shape index (κ2) is 7.58. The molecule has 2 aliphatic rings. The predicted octanol–water partition coefficient (Wildman–Crippen LogP) is 1.16. The molecule has 0 saturated carbocycles. The van der Waals surface area contributed by atoms with Crippen LogP contribution in [-0.2, 0) is 14.3 Å². The molecule has 0 aliphatic carbocycles. The van der Waals surface area contributed by atoms with E-state index in [-0.39, 0.29) is 24.2 Å². The molecule has 2 fully saturated rings. The van der Waals surface area contributed by atoms with Gasteiger partial charge >= 0.3 is 0 Å². The summed E-state index contributed by atoms with van der Waals surface area (Å²) in [5.74, 6) is -0.0228. The molecule has 22 heavy (non-hydrogen) atoms. The zero-order chi connectivity index (χ0) is 14.7. The Morgan fingerprint density at radius 2 is 2.27 bits per heavy atom. The molecule has 6 nitrogen and oxygen atoms in total. The number of carbonyl (C=O) groups is 2. The summed E-state index contributed by atoms with van der Waals surface area (Å²) in [7, 11) is 0. The van der Waals surface area contributed by atoms with E-state index in [4.69, 9.17) is 4.74 Å². The zero-order valence-electron chi connectivity index (χ0n) is 12.2. The van der Waals surface area contributed by atoms with Gasteiger partial charge in [-0.3, -0.25) is 9.59 Å². The third-order valence-corrected chi connectivity index (χ3v) is 3.72. The number of amides is 2. The van der Waals surface area contributed by atoms with Gasteiger partial charge in [-0.05, 0) is 24.6 Å². The van der Waals surface area contributed by atoms with Crippen LogP contribution >= 0.6 is 12.4 Å². The fourth-order valence-electron chi connectivity index (χ4n) is 2.63. The molecule has 1 unspecified atom stereocenters. The summed E-state index contributed by atoms with van der Waals surface area (Å²) in [4.78, 5) is 25.6. The fraction of sp³-hybridized carbons (Fsp3) is 0.467. The van der Waals surface area contributed by atoms with E-state index in [9.17, 15) is 9.59 Å². The number of benzene rings is 1. The molecule has 2 amide bonds. The number of hydrogen-bond acceptors (Lipinski definition) is 4. The number of carbonyl (C=O) groups excluding carboxylic acids is 2. The summed E-state index contributed by atoms with van der Waals surface area (Å²) in [5, 5.41) is 5.97. The molecule has 2 saturated heterocycles. The van der Waals surface area contributed by atoms with Crippen molar-refractivity contribution in [1.29, 1.82) is 0 Å². The van der Waals surface area contributed by atoms with Crippen molar-refractivity contribution in [2.45, 2.75) is 18.9 Å². The molecule has 2 aliphatic heterocycles. The lowest BCUT2D eigenvalue weighted by Gasteiger charge is -2.23. The Balaban J connectivity index is 0.00000176. The largest absolute Gasteiger partial charge is 0.366 e. The van der Waals surface area contributed by atoms with E-state index in [1.54, 1.807) is 4.90 Å². The Morgan fingerprint density at radius 3 is 2.95 bits per heavy atom. The predicted molar refractivity (Wildman–Crippen MR) is 86.5 cm³/mol. The van der Waals surface area contributed by atoms with Crippen LogP contribution in [0, 0.1) is 0 Å². The number of morpholine rings is 1. The van der Waals surface area contributed by atoms with Crippen LogP contribution in [0.5, 0.6) is 0 Å². The standard InChI is InChI=1S/C15H19N3O3.ClH/c19-14-5-2-7-18(14)12-4-1-3-11(9-12)17-15(20)13-10-16-6-8-21-13;/h1,3-4,9,13,16H,2,5-8,10H2,(H,17,20);1H. The van der Waals surface area contributed by atoms with Gasteiger partial charge in [0, 0.05) is 37.4 Å². The molecule has 0 radical (unpaired) electrons. The summed E-state index contributed by atoms with van der Waals surface area (Å²) in [5.41, 5.74) is 1.52. The van der Waals surface area contributed by atoms with E-state index >= 15 is 0 Å². The lowest BCUT2D eigenvalue weighted by molar-refractivity contribution is -0.128. The Bertz CT molecular complexity index is 547. The molecule has 1 aromatic carbocycles. The first-order chi connectivity index (χ1) is 10.2. The summed E-state index contributed by atoms with van der Waals surface area (Å²) < 4.78 is 5.42. The number of hydrogen-bond donors (Lipinski definition) is 2. The molecular weight excluding hydrogens is 306 g/mol. The van der Waals surface area contributed by atoms with Gasteiger partial charge in [0.2, 0.25) is 5.91 Å². The molecule has 0 bridgehead atoms. The van der Waals surface area contributed by atoms with Gasteiger partial charge in [0.05, 0.1) is 6.61 Å². The van der Waals surface area contributed by atoms with Crippen molar-refractivity contribution >= 4 is 35.6 Å².